The highest BCUT2D eigenvalue weighted by Gasteiger charge is 2.05. The molecule has 0 saturated heterocycles. The summed E-state index contributed by atoms with van der Waals surface area (Å²) in [6.07, 6.45) is 0. The van der Waals surface area contributed by atoms with Crippen molar-refractivity contribution in [2.45, 2.75) is 0 Å². The number of rotatable bonds is 1. The summed E-state index contributed by atoms with van der Waals surface area (Å²) < 4.78 is 5.24. The van der Waals surface area contributed by atoms with Gasteiger partial charge in [0, 0.05) is 12.1 Å². The van der Waals surface area contributed by atoms with Crippen LogP contribution in [0.1, 0.15) is 0 Å². The van der Waals surface area contributed by atoms with Gasteiger partial charge in [0.1, 0.15) is 17.2 Å². The van der Waals surface area contributed by atoms with Crippen LogP contribution in [0.25, 0.3) is 0 Å². The summed E-state index contributed by atoms with van der Waals surface area (Å²) in [6.45, 7) is 0. The zero-order valence-corrected chi connectivity index (χ0v) is 7.99. The van der Waals surface area contributed by atoms with Gasteiger partial charge in [-0.15, -0.1) is 0 Å². The molecule has 0 heterocycles. The largest absolute Gasteiger partial charge is 0.507 e. The molecule has 0 unspecified atom stereocenters. The van der Waals surface area contributed by atoms with E-state index in [1.54, 1.807) is 0 Å². The van der Waals surface area contributed by atoms with Crippen LogP contribution in [-0.4, -0.2) is 17.3 Å². The highest BCUT2D eigenvalue weighted by Crippen LogP contribution is 2.32. The number of phenols is 2. The number of hydrogen-bond donors (Lipinski definition) is 2. The first-order chi connectivity index (χ1) is 5.15. The molecular weight excluding hydrogens is 259 g/mol. The van der Waals surface area contributed by atoms with Gasteiger partial charge in [0.25, 0.3) is 0 Å². The Morgan fingerprint density at radius 2 is 1.73 bits per heavy atom. The normalized spacial score (nSPS) is 9.64. The Kier molecular flexibility index (Phi) is 2.43. The summed E-state index contributed by atoms with van der Waals surface area (Å²) in [6, 6.07) is 2.89. The molecule has 0 spiro atoms. The van der Waals surface area contributed by atoms with Gasteiger partial charge in [0.2, 0.25) is 0 Å². The van der Waals surface area contributed by atoms with Crippen LogP contribution in [0, 0.1) is 3.57 Å². The Morgan fingerprint density at radius 1 is 1.27 bits per heavy atom. The van der Waals surface area contributed by atoms with Crippen molar-refractivity contribution < 1.29 is 14.9 Å². The molecule has 1 rings (SSSR count). The molecule has 0 fully saturated rings. The number of methoxy groups -OCH3 is 1. The highest BCUT2D eigenvalue weighted by atomic mass is 127. The maximum Gasteiger partial charge on any atom is 0.136 e. The molecule has 4 heteroatoms. The van der Waals surface area contributed by atoms with E-state index in [1.807, 2.05) is 22.6 Å². The molecule has 0 aliphatic rings. The lowest BCUT2D eigenvalue weighted by atomic mass is 10.3. The average Bonchev–Trinajstić information content (AvgIpc) is 1.99. The monoisotopic (exact) mass is 266 g/mol. The van der Waals surface area contributed by atoms with Gasteiger partial charge < -0.3 is 14.9 Å². The van der Waals surface area contributed by atoms with Crippen molar-refractivity contribution in [3.05, 3.63) is 15.7 Å². The fourth-order valence-corrected chi connectivity index (χ4v) is 0.998. The molecular formula is C7H7IO3. The third kappa shape index (κ3) is 1.68. The van der Waals surface area contributed by atoms with Crippen molar-refractivity contribution in [1.82, 2.24) is 0 Å². The number of phenolic OH excluding ortho intramolecular Hbond substituents is 2. The number of benzene rings is 1. The second-order valence-corrected chi connectivity index (χ2v) is 3.06. The predicted octanol–water partition coefficient (Wildman–Crippen LogP) is 1.71. The van der Waals surface area contributed by atoms with E-state index >= 15 is 0 Å². The molecule has 0 amide bonds. The third-order valence-corrected chi connectivity index (χ3v) is 2.35. The summed E-state index contributed by atoms with van der Waals surface area (Å²) in [7, 11) is 1.47. The molecule has 2 N–H and O–H groups in total. The molecule has 11 heavy (non-hydrogen) atoms. The van der Waals surface area contributed by atoms with Gasteiger partial charge in [-0.3, -0.25) is 0 Å². The summed E-state index contributed by atoms with van der Waals surface area (Å²) in [5, 5.41) is 18.3. The van der Waals surface area contributed by atoms with E-state index in [2.05, 4.69) is 0 Å². The fraction of sp³-hybridized carbons (Fsp3) is 0.143. The molecule has 3 nitrogen and oxygen atoms in total. The van der Waals surface area contributed by atoms with E-state index < -0.39 is 0 Å². The number of halogens is 1. The van der Waals surface area contributed by atoms with Gasteiger partial charge in [-0.2, -0.15) is 0 Å². The number of aromatic hydroxyl groups is 2. The minimum absolute atomic E-state index is 0.0300. The van der Waals surface area contributed by atoms with Crippen LogP contribution in [-0.2, 0) is 0 Å². The second-order valence-electron chi connectivity index (χ2n) is 1.98. The van der Waals surface area contributed by atoms with Crippen molar-refractivity contribution >= 4 is 22.6 Å². The van der Waals surface area contributed by atoms with Gasteiger partial charge in [0.15, 0.2) is 0 Å². The van der Waals surface area contributed by atoms with Crippen molar-refractivity contribution in [3.63, 3.8) is 0 Å². The van der Waals surface area contributed by atoms with Crippen LogP contribution >= 0.6 is 22.6 Å². The van der Waals surface area contributed by atoms with Gasteiger partial charge in [-0.05, 0) is 22.6 Å². The quantitative estimate of drug-likeness (QED) is 0.761. The standard InChI is InChI=1S/C7H7IO3/c1-11-4-2-5(9)7(8)6(10)3-4/h2-3,9-10H,1H3. The lowest BCUT2D eigenvalue weighted by Crippen LogP contribution is -1.83. The van der Waals surface area contributed by atoms with Gasteiger partial charge >= 0.3 is 0 Å². The minimum Gasteiger partial charge on any atom is -0.507 e. The number of hydrogen-bond acceptors (Lipinski definition) is 3. The predicted molar refractivity (Wildman–Crippen MR) is 49.0 cm³/mol. The Bertz CT molecular complexity index is 249. The zero-order chi connectivity index (χ0) is 8.43. The third-order valence-electron chi connectivity index (χ3n) is 1.24. The first-order valence-corrected chi connectivity index (χ1v) is 3.98. The van der Waals surface area contributed by atoms with Gasteiger partial charge in [0.05, 0.1) is 10.7 Å². The fourth-order valence-electron chi connectivity index (χ4n) is 0.687. The molecule has 0 radical (unpaired) electrons. The molecule has 0 saturated carbocycles. The van der Waals surface area contributed by atoms with Crippen LogP contribution in [0.15, 0.2) is 12.1 Å². The van der Waals surface area contributed by atoms with Crippen LogP contribution in [0.5, 0.6) is 17.2 Å². The van der Waals surface area contributed by atoms with Crippen LogP contribution in [0.3, 0.4) is 0 Å². The van der Waals surface area contributed by atoms with Crippen molar-refractivity contribution in [2.24, 2.45) is 0 Å². The smallest absolute Gasteiger partial charge is 0.136 e. The summed E-state index contributed by atoms with van der Waals surface area (Å²) >= 11 is 1.85. The first-order valence-electron chi connectivity index (χ1n) is 2.90. The van der Waals surface area contributed by atoms with Crippen LogP contribution < -0.4 is 4.74 Å². The van der Waals surface area contributed by atoms with Crippen LogP contribution in [0.2, 0.25) is 0 Å². The second kappa shape index (κ2) is 3.17. The Hall–Kier alpha value is -0.650. The zero-order valence-electron chi connectivity index (χ0n) is 5.84. The van der Waals surface area contributed by atoms with E-state index in [-0.39, 0.29) is 11.5 Å². The topological polar surface area (TPSA) is 49.7 Å². The molecule has 0 aromatic heterocycles. The van der Waals surface area contributed by atoms with Crippen LogP contribution in [0.4, 0.5) is 0 Å². The SMILES string of the molecule is COc1cc(O)c(I)c(O)c1. The van der Waals surface area contributed by atoms with E-state index in [1.165, 1.54) is 19.2 Å². The van der Waals surface area contributed by atoms with E-state index in [9.17, 15) is 0 Å². The Labute approximate surface area is 77.8 Å². The Balaban J connectivity index is 3.21. The Morgan fingerprint density at radius 3 is 2.09 bits per heavy atom. The molecule has 0 aliphatic heterocycles. The van der Waals surface area contributed by atoms with Gasteiger partial charge in [-0.1, -0.05) is 0 Å². The highest BCUT2D eigenvalue weighted by molar-refractivity contribution is 14.1. The van der Waals surface area contributed by atoms with Crippen molar-refractivity contribution in [1.29, 1.82) is 0 Å². The lowest BCUT2D eigenvalue weighted by molar-refractivity contribution is 0.396. The minimum atomic E-state index is 0.0300. The summed E-state index contributed by atoms with van der Waals surface area (Å²) in [5.74, 6) is 0.505. The van der Waals surface area contributed by atoms with E-state index in [0.29, 0.717) is 9.32 Å². The molecule has 60 valence electrons. The molecule has 1 aromatic rings. The lowest BCUT2D eigenvalue weighted by Gasteiger charge is -2.03. The molecule has 1 aromatic carbocycles. The maximum atomic E-state index is 9.16. The molecule has 0 atom stereocenters. The summed E-state index contributed by atoms with van der Waals surface area (Å²) in [4.78, 5) is 0. The van der Waals surface area contributed by atoms with Crippen molar-refractivity contribution in [3.8, 4) is 17.2 Å². The average molecular weight is 266 g/mol. The van der Waals surface area contributed by atoms with E-state index in [0.717, 1.165) is 0 Å². The maximum absolute atomic E-state index is 9.16. The first kappa shape index (κ1) is 8.45. The molecule has 0 bridgehead atoms. The summed E-state index contributed by atoms with van der Waals surface area (Å²) in [5.41, 5.74) is 0. The van der Waals surface area contributed by atoms with Gasteiger partial charge in [-0.25, -0.2) is 0 Å². The number of ether oxygens (including phenoxy) is 1. The van der Waals surface area contributed by atoms with E-state index in [4.69, 9.17) is 14.9 Å². The van der Waals surface area contributed by atoms with Crippen molar-refractivity contribution in [2.75, 3.05) is 7.11 Å². The molecule has 0 aliphatic carbocycles.